The third-order valence-electron chi connectivity index (χ3n) is 5.65. The van der Waals surface area contributed by atoms with E-state index in [-0.39, 0.29) is 10.8 Å². The van der Waals surface area contributed by atoms with Gasteiger partial charge in [-0.2, -0.15) is 0 Å². The summed E-state index contributed by atoms with van der Waals surface area (Å²) in [7, 11) is -2.25. The van der Waals surface area contributed by atoms with E-state index in [0.717, 1.165) is 24.3 Å². The molecular weight excluding hydrogens is 438 g/mol. The van der Waals surface area contributed by atoms with Crippen molar-refractivity contribution in [1.29, 1.82) is 0 Å². The van der Waals surface area contributed by atoms with E-state index >= 15 is 0 Å². The molecule has 7 nitrogen and oxygen atoms in total. The molecule has 172 valence electrons. The Bertz CT molecular complexity index is 1220. The van der Waals surface area contributed by atoms with Gasteiger partial charge >= 0.3 is 0 Å². The van der Waals surface area contributed by atoms with Crippen molar-refractivity contribution in [1.82, 2.24) is 0 Å². The normalized spacial score (nSPS) is 14.1. The van der Waals surface area contributed by atoms with E-state index in [1.54, 1.807) is 48.5 Å². The van der Waals surface area contributed by atoms with E-state index in [2.05, 4.69) is 10.2 Å². The Balaban J connectivity index is 1.47. The Labute approximate surface area is 194 Å². The van der Waals surface area contributed by atoms with Gasteiger partial charge in [0.2, 0.25) is 0 Å². The highest BCUT2D eigenvalue weighted by molar-refractivity contribution is 7.92. The van der Waals surface area contributed by atoms with Crippen LogP contribution in [-0.4, -0.2) is 47.7 Å². The number of aryl methyl sites for hydroxylation is 1. The molecule has 1 fully saturated rings. The first kappa shape index (κ1) is 22.8. The van der Waals surface area contributed by atoms with Gasteiger partial charge in [-0.3, -0.25) is 9.10 Å². The Morgan fingerprint density at radius 2 is 1.64 bits per heavy atom. The first-order chi connectivity index (χ1) is 15.8. The molecule has 0 aliphatic carbocycles. The van der Waals surface area contributed by atoms with E-state index in [4.69, 9.17) is 4.74 Å². The molecule has 0 spiro atoms. The number of benzene rings is 3. The number of ether oxygens (including phenoxy) is 1. The molecule has 1 amide bonds. The second-order valence-electron chi connectivity index (χ2n) is 7.94. The zero-order chi connectivity index (χ0) is 23.4. The van der Waals surface area contributed by atoms with Gasteiger partial charge in [-0.05, 0) is 61.5 Å². The molecule has 0 unspecified atom stereocenters. The Hall–Kier alpha value is -3.36. The van der Waals surface area contributed by atoms with Crippen molar-refractivity contribution in [3.05, 3.63) is 83.9 Å². The van der Waals surface area contributed by atoms with Crippen LogP contribution in [0, 0.1) is 6.92 Å². The predicted octanol–water partition coefficient (Wildman–Crippen LogP) is 3.91. The lowest BCUT2D eigenvalue weighted by Gasteiger charge is -2.28. The van der Waals surface area contributed by atoms with Crippen molar-refractivity contribution in [2.75, 3.05) is 47.9 Å². The molecule has 4 rings (SSSR count). The number of morpholine rings is 1. The number of sulfonamides is 1. The second kappa shape index (κ2) is 9.64. The number of rotatable bonds is 6. The molecule has 1 heterocycles. The summed E-state index contributed by atoms with van der Waals surface area (Å²) in [6.07, 6.45) is 0. The number of nitrogens with one attached hydrogen (secondary N) is 1. The maximum Gasteiger partial charge on any atom is 0.264 e. The van der Waals surface area contributed by atoms with Crippen molar-refractivity contribution < 1.29 is 17.9 Å². The number of hydrogen-bond donors (Lipinski definition) is 1. The van der Waals surface area contributed by atoms with Gasteiger partial charge in [0.15, 0.2) is 0 Å². The van der Waals surface area contributed by atoms with Crippen LogP contribution in [0.4, 0.5) is 17.1 Å². The van der Waals surface area contributed by atoms with Crippen LogP contribution in [-0.2, 0) is 14.8 Å². The molecule has 0 aromatic heterocycles. The Morgan fingerprint density at radius 3 is 2.30 bits per heavy atom. The standard InChI is InChI=1S/C25H27N3O4S/c1-19-6-12-24(13-7-19)33(30,31)27(2)23-5-3-4-20(18-23)25(29)26-21-8-10-22(11-9-21)28-14-16-32-17-15-28/h3-13,18H,14-17H2,1-2H3,(H,26,29). The highest BCUT2D eigenvalue weighted by atomic mass is 32.2. The molecule has 1 aliphatic rings. The molecule has 0 atom stereocenters. The number of amides is 1. The van der Waals surface area contributed by atoms with Crippen LogP contribution in [0.5, 0.6) is 0 Å². The smallest absolute Gasteiger partial charge is 0.264 e. The van der Waals surface area contributed by atoms with Crippen molar-refractivity contribution in [3.8, 4) is 0 Å². The summed E-state index contributed by atoms with van der Waals surface area (Å²) < 4.78 is 32.6. The maximum absolute atomic E-state index is 13.0. The number of carbonyl (C=O) groups excluding carboxylic acids is 1. The monoisotopic (exact) mass is 465 g/mol. The molecule has 0 saturated carbocycles. The Kier molecular flexibility index (Phi) is 6.67. The Morgan fingerprint density at radius 1 is 0.970 bits per heavy atom. The van der Waals surface area contributed by atoms with Gasteiger partial charge in [0, 0.05) is 37.1 Å². The van der Waals surface area contributed by atoms with Gasteiger partial charge in [-0.25, -0.2) is 8.42 Å². The van der Waals surface area contributed by atoms with Crippen LogP contribution < -0.4 is 14.5 Å². The average molecular weight is 466 g/mol. The van der Waals surface area contributed by atoms with Crippen LogP contribution in [0.15, 0.2) is 77.7 Å². The van der Waals surface area contributed by atoms with Gasteiger partial charge in [0.05, 0.1) is 23.8 Å². The molecule has 3 aromatic rings. The number of carbonyl (C=O) groups is 1. The topological polar surface area (TPSA) is 79.0 Å². The summed E-state index contributed by atoms with van der Waals surface area (Å²) in [5, 5.41) is 2.88. The lowest BCUT2D eigenvalue weighted by Crippen LogP contribution is -2.36. The summed E-state index contributed by atoms with van der Waals surface area (Å²) in [5.74, 6) is -0.308. The van der Waals surface area contributed by atoms with Gasteiger partial charge in [-0.15, -0.1) is 0 Å². The number of hydrogen-bond acceptors (Lipinski definition) is 5. The first-order valence-electron chi connectivity index (χ1n) is 10.7. The van der Waals surface area contributed by atoms with Crippen LogP contribution in [0.25, 0.3) is 0 Å². The largest absolute Gasteiger partial charge is 0.378 e. The van der Waals surface area contributed by atoms with E-state index < -0.39 is 10.0 Å². The summed E-state index contributed by atoms with van der Waals surface area (Å²) >= 11 is 0. The zero-order valence-electron chi connectivity index (χ0n) is 18.7. The number of anilines is 3. The summed E-state index contributed by atoms with van der Waals surface area (Å²) in [6, 6.07) is 20.9. The maximum atomic E-state index is 13.0. The van der Waals surface area contributed by atoms with Crippen LogP contribution >= 0.6 is 0 Å². The molecule has 0 bridgehead atoms. The van der Waals surface area contributed by atoms with E-state index in [9.17, 15) is 13.2 Å². The van der Waals surface area contributed by atoms with Crippen molar-refractivity contribution in [2.24, 2.45) is 0 Å². The minimum atomic E-state index is -3.74. The van der Waals surface area contributed by atoms with Gasteiger partial charge in [0.25, 0.3) is 15.9 Å². The average Bonchev–Trinajstić information content (AvgIpc) is 2.85. The van der Waals surface area contributed by atoms with Gasteiger partial charge < -0.3 is 15.0 Å². The molecule has 3 aromatic carbocycles. The summed E-state index contributed by atoms with van der Waals surface area (Å²) in [4.78, 5) is 15.3. The molecule has 8 heteroatoms. The van der Waals surface area contributed by atoms with Gasteiger partial charge in [-0.1, -0.05) is 23.8 Å². The quantitative estimate of drug-likeness (QED) is 0.597. The SMILES string of the molecule is Cc1ccc(S(=O)(=O)N(C)c2cccc(C(=O)Nc3ccc(N4CCOCC4)cc3)c2)cc1. The number of nitrogens with zero attached hydrogens (tertiary/aromatic N) is 2. The highest BCUT2D eigenvalue weighted by Gasteiger charge is 2.22. The minimum absolute atomic E-state index is 0.200. The first-order valence-corrected chi connectivity index (χ1v) is 12.2. The molecule has 1 aliphatic heterocycles. The van der Waals surface area contributed by atoms with Crippen LogP contribution in [0.2, 0.25) is 0 Å². The summed E-state index contributed by atoms with van der Waals surface area (Å²) in [5.41, 5.74) is 3.51. The highest BCUT2D eigenvalue weighted by Crippen LogP contribution is 2.24. The fourth-order valence-electron chi connectivity index (χ4n) is 3.63. The van der Waals surface area contributed by atoms with Crippen molar-refractivity contribution in [2.45, 2.75) is 11.8 Å². The lowest BCUT2D eigenvalue weighted by molar-refractivity contribution is 0.102. The zero-order valence-corrected chi connectivity index (χ0v) is 19.5. The fourth-order valence-corrected chi connectivity index (χ4v) is 4.82. The van der Waals surface area contributed by atoms with E-state index in [1.807, 2.05) is 31.2 Å². The third kappa shape index (κ3) is 5.18. The van der Waals surface area contributed by atoms with Crippen molar-refractivity contribution in [3.63, 3.8) is 0 Å². The second-order valence-corrected chi connectivity index (χ2v) is 9.91. The third-order valence-corrected chi connectivity index (χ3v) is 7.45. The van der Waals surface area contributed by atoms with Crippen LogP contribution in [0.1, 0.15) is 15.9 Å². The van der Waals surface area contributed by atoms with E-state index in [0.29, 0.717) is 30.2 Å². The molecule has 1 N–H and O–H groups in total. The van der Waals surface area contributed by atoms with Crippen LogP contribution in [0.3, 0.4) is 0 Å². The molecule has 0 radical (unpaired) electrons. The van der Waals surface area contributed by atoms with Crippen molar-refractivity contribution >= 4 is 33.0 Å². The van der Waals surface area contributed by atoms with E-state index in [1.165, 1.54) is 11.4 Å². The molecular formula is C25H27N3O4S. The predicted molar refractivity (Wildman–Crippen MR) is 131 cm³/mol. The minimum Gasteiger partial charge on any atom is -0.378 e. The lowest BCUT2D eigenvalue weighted by atomic mass is 10.1. The van der Waals surface area contributed by atoms with Gasteiger partial charge in [0.1, 0.15) is 0 Å². The summed E-state index contributed by atoms with van der Waals surface area (Å²) in [6.45, 7) is 5.01. The molecule has 1 saturated heterocycles. The fraction of sp³-hybridized carbons (Fsp3) is 0.240. The molecule has 33 heavy (non-hydrogen) atoms.